The fourth-order valence-electron chi connectivity index (χ4n) is 4.24. The molecule has 3 aliphatic rings. The Morgan fingerprint density at radius 1 is 1.33 bits per heavy atom. The zero-order valence-electron chi connectivity index (χ0n) is 14.3. The van der Waals surface area contributed by atoms with Crippen molar-refractivity contribution in [2.75, 3.05) is 44.8 Å². The first kappa shape index (κ1) is 16.0. The monoisotopic (exact) mass is 332 g/mol. The first-order valence-electron chi connectivity index (χ1n) is 8.96. The van der Waals surface area contributed by atoms with E-state index in [1.807, 2.05) is 4.90 Å². The van der Waals surface area contributed by atoms with Gasteiger partial charge in [-0.05, 0) is 62.5 Å². The van der Waals surface area contributed by atoms with Crippen LogP contribution >= 0.6 is 0 Å². The summed E-state index contributed by atoms with van der Waals surface area (Å²) >= 11 is 0. The molecule has 0 N–H and O–H groups in total. The SMILES string of the molecule is COCCN1CCC2(CC1)CN(C(=O)C1CC1)c1ccc(F)cc12. The minimum absolute atomic E-state index is 0.0778. The van der Waals surface area contributed by atoms with Crippen molar-refractivity contribution < 1.29 is 13.9 Å². The van der Waals surface area contributed by atoms with Crippen molar-refractivity contribution in [1.29, 1.82) is 0 Å². The number of piperidine rings is 1. The Morgan fingerprint density at radius 2 is 2.08 bits per heavy atom. The minimum atomic E-state index is -0.198. The van der Waals surface area contributed by atoms with E-state index in [1.54, 1.807) is 19.2 Å². The fraction of sp³-hybridized carbons (Fsp3) is 0.632. The molecule has 1 spiro atoms. The van der Waals surface area contributed by atoms with Crippen LogP contribution in [-0.2, 0) is 14.9 Å². The first-order chi connectivity index (χ1) is 11.6. The number of likely N-dealkylation sites (tertiary alicyclic amines) is 1. The molecule has 130 valence electrons. The Morgan fingerprint density at radius 3 is 2.75 bits per heavy atom. The largest absolute Gasteiger partial charge is 0.383 e. The Balaban J connectivity index is 1.58. The standard InChI is InChI=1S/C19H25FN2O2/c1-24-11-10-21-8-6-19(7-9-21)13-22(18(23)14-2-3-14)17-5-4-15(20)12-16(17)19/h4-5,12,14H,2-3,6-11,13H2,1H3. The van der Waals surface area contributed by atoms with Crippen LogP contribution in [-0.4, -0.2) is 50.7 Å². The van der Waals surface area contributed by atoms with Gasteiger partial charge >= 0.3 is 0 Å². The van der Waals surface area contributed by atoms with E-state index in [0.29, 0.717) is 0 Å². The molecular weight excluding hydrogens is 307 g/mol. The Kier molecular flexibility index (Phi) is 4.09. The average molecular weight is 332 g/mol. The number of halogens is 1. The predicted octanol–water partition coefficient (Wildman–Crippen LogP) is 2.56. The summed E-state index contributed by atoms with van der Waals surface area (Å²) in [6.45, 7) is 4.35. The number of rotatable bonds is 4. The number of carbonyl (C=O) groups excluding carboxylic acids is 1. The van der Waals surface area contributed by atoms with Crippen LogP contribution in [0.25, 0.3) is 0 Å². The van der Waals surface area contributed by atoms with Crippen LogP contribution in [0.5, 0.6) is 0 Å². The normalized spacial score (nSPS) is 22.8. The van der Waals surface area contributed by atoms with Gasteiger partial charge in [0.05, 0.1) is 6.61 Å². The topological polar surface area (TPSA) is 32.8 Å². The second kappa shape index (κ2) is 6.12. The van der Waals surface area contributed by atoms with Gasteiger partial charge in [-0.15, -0.1) is 0 Å². The van der Waals surface area contributed by atoms with Gasteiger partial charge < -0.3 is 14.5 Å². The van der Waals surface area contributed by atoms with Crippen LogP contribution in [0, 0.1) is 11.7 Å². The quantitative estimate of drug-likeness (QED) is 0.849. The Bertz CT molecular complexity index is 636. The fourth-order valence-corrected chi connectivity index (χ4v) is 4.24. The lowest BCUT2D eigenvalue weighted by atomic mass is 9.74. The third-order valence-corrected chi connectivity index (χ3v) is 5.90. The highest BCUT2D eigenvalue weighted by atomic mass is 19.1. The van der Waals surface area contributed by atoms with Gasteiger partial charge in [0, 0.05) is 37.2 Å². The maximum atomic E-state index is 13.9. The number of nitrogens with zero attached hydrogens (tertiary/aromatic N) is 2. The third kappa shape index (κ3) is 2.74. The molecule has 0 atom stereocenters. The van der Waals surface area contributed by atoms with Gasteiger partial charge in [0.2, 0.25) is 5.91 Å². The molecule has 2 aliphatic heterocycles. The molecule has 1 aromatic rings. The first-order valence-corrected chi connectivity index (χ1v) is 8.96. The number of anilines is 1. The van der Waals surface area contributed by atoms with Gasteiger partial charge in [0.15, 0.2) is 0 Å². The highest BCUT2D eigenvalue weighted by Gasteiger charge is 2.48. The Hall–Kier alpha value is -1.46. The van der Waals surface area contributed by atoms with Gasteiger partial charge in [-0.2, -0.15) is 0 Å². The number of hydrogen-bond acceptors (Lipinski definition) is 3. The molecule has 0 radical (unpaired) electrons. The van der Waals surface area contributed by atoms with E-state index in [2.05, 4.69) is 4.90 Å². The molecule has 0 bridgehead atoms. The zero-order valence-corrected chi connectivity index (χ0v) is 14.3. The van der Waals surface area contributed by atoms with E-state index in [1.165, 1.54) is 6.07 Å². The van der Waals surface area contributed by atoms with Gasteiger partial charge in [0.1, 0.15) is 5.82 Å². The van der Waals surface area contributed by atoms with E-state index in [9.17, 15) is 9.18 Å². The van der Waals surface area contributed by atoms with Crippen LogP contribution < -0.4 is 4.90 Å². The van der Waals surface area contributed by atoms with Crippen molar-refractivity contribution in [3.05, 3.63) is 29.6 Å². The van der Waals surface area contributed by atoms with E-state index in [4.69, 9.17) is 4.74 Å². The molecule has 2 fully saturated rings. The number of benzene rings is 1. The highest BCUT2D eigenvalue weighted by molar-refractivity contribution is 5.99. The molecule has 4 rings (SSSR count). The van der Waals surface area contributed by atoms with Gasteiger partial charge in [0.25, 0.3) is 0 Å². The van der Waals surface area contributed by atoms with Gasteiger partial charge in [-0.1, -0.05) is 0 Å². The maximum absolute atomic E-state index is 13.9. The lowest BCUT2D eigenvalue weighted by Gasteiger charge is -2.39. The number of fused-ring (bicyclic) bond motifs is 2. The number of ether oxygens (including phenoxy) is 1. The smallest absolute Gasteiger partial charge is 0.230 e. The zero-order chi connectivity index (χ0) is 16.7. The van der Waals surface area contributed by atoms with Gasteiger partial charge in [-0.3, -0.25) is 4.79 Å². The molecule has 1 saturated heterocycles. The molecule has 0 aromatic heterocycles. The van der Waals surface area contributed by atoms with Crippen molar-refractivity contribution in [1.82, 2.24) is 4.90 Å². The molecule has 1 amide bonds. The summed E-state index contributed by atoms with van der Waals surface area (Å²) in [4.78, 5) is 17.0. The van der Waals surface area contributed by atoms with Crippen molar-refractivity contribution >= 4 is 11.6 Å². The lowest BCUT2D eigenvalue weighted by Crippen LogP contribution is -2.47. The summed E-state index contributed by atoms with van der Waals surface area (Å²) in [5, 5.41) is 0. The molecule has 4 nitrogen and oxygen atoms in total. The van der Waals surface area contributed by atoms with E-state index < -0.39 is 0 Å². The summed E-state index contributed by atoms with van der Waals surface area (Å²) in [6.07, 6.45) is 3.95. The van der Waals surface area contributed by atoms with E-state index >= 15 is 0 Å². The molecule has 5 heteroatoms. The minimum Gasteiger partial charge on any atom is -0.383 e. The third-order valence-electron chi connectivity index (χ3n) is 5.90. The maximum Gasteiger partial charge on any atom is 0.230 e. The molecule has 1 aliphatic carbocycles. The number of hydrogen-bond donors (Lipinski definition) is 0. The van der Waals surface area contributed by atoms with Crippen LogP contribution in [0.2, 0.25) is 0 Å². The molecular formula is C19H25FN2O2. The van der Waals surface area contributed by atoms with E-state index in [-0.39, 0.29) is 23.1 Å². The number of amides is 1. The molecule has 1 saturated carbocycles. The summed E-state index contributed by atoms with van der Waals surface area (Å²) < 4.78 is 19.1. The predicted molar refractivity (Wildman–Crippen MR) is 90.7 cm³/mol. The van der Waals surface area contributed by atoms with Crippen molar-refractivity contribution in [2.24, 2.45) is 5.92 Å². The van der Waals surface area contributed by atoms with Gasteiger partial charge in [-0.25, -0.2) is 4.39 Å². The summed E-state index contributed by atoms with van der Waals surface area (Å²) in [6, 6.07) is 4.95. The molecule has 1 aromatic carbocycles. The summed E-state index contributed by atoms with van der Waals surface area (Å²) in [7, 11) is 1.72. The van der Waals surface area contributed by atoms with Crippen molar-refractivity contribution in [2.45, 2.75) is 31.1 Å². The number of methoxy groups -OCH3 is 1. The lowest BCUT2D eigenvalue weighted by molar-refractivity contribution is -0.119. The second-order valence-corrected chi connectivity index (χ2v) is 7.47. The molecule has 24 heavy (non-hydrogen) atoms. The van der Waals surface area contributed by atoms with Crippen molar-refractivity contribution in [3.63, 3.8) is 0 Å². The van der Waals surface area contributed by atoms with Crippen LogP contribution in [0.4, 0.5) is 10.1 Å². The highest BCUT2D eigenvalue weighted by Crippen LogP contribution is 2.48. The Labute approximate surface area is 142 Å². The number of carbonyl (C=O) groups is 1. The average Bonchev–Trinajstić information content (AvgIpc) is 3.40. The van der Waals surface area contributed by atoms with Crippen molar-refractivity contribution in [3.8, 4) is 0 Å². The van der Waals surface area contributed by atoms with Crippen LogP contribution in [0.3, 0.4) is 0 Å². The van der Waals surface area contributed by atoms with E-state index in [0.717, 1.165) is 69.7 Å². The van der Waals surface area contributed by atoms with Crippen LogP contribution in [0.15, 0.2) is 18.2 Å². The molecule has 0 unspecified atom stereocenters. The van der Waals surface area contributed by atoms with Crippen LogP contribution in [0.1, 0.15) is 31.2 Å². The summed E-state index contributed by atoms with van der Waals surface area (Å²) in [5.41, 5.74) is 1.91. The summed E-state index contributed by atoms with van der Waals surface area (Å²) in [5.74, 6) is 0.233. The molecule has 2 heterocycles. The second-order valence-electron chi connectivity index (χ2n) is 7.47.